The van der Waals surface area contributed by atoms with Gasteiger partial charge in [-0.15, -0.1) is 0 Å². The molecule has 0 aromatic heterocycles. The van der Waals surface area contributed by atoms with Gasteiger partial charge in [0.25, 0.3) is 0 Å². The second kappa shape index (κ2) is 2.76. The highest BCUT2D eigenvalue weighted by atomic mass is 32.1. The SMILES string of the molecule is CC1C(S)C2CC1C1(C=O)COCC21. The van der Waals surface area contributed by atoms with Crippen LogP contribution in [0.3, 0.4) is 0 Å². The van der Waals surface area contributed by atoms with Crippen LogP contribution in [0.2, 0.25) is 0 Å². The lowest BCUT2D eigenvalue weighted by molar-refractivity contribution is -0.121. The number of rotatable bonds is 1. The summed E-state index contributed by atoms with van der Waals surface area (Å²) in [6.45, 7) is 3.68. The third kappa shape index (κ3) is 0.820. The van der Waals surface area contributed by atoms with Gasteiger partial charge in [-0.3, -0.25) is 0 Å². The first-order chi connectivity index (χ1) is 6.70. The minimum atomic E-state index is -0.136. The highest BCUT2D eigenvalue weighted by molar-refractivity contribution is 7.81. The molecule has 0 spiro atoms. The molecule has 2 bridgehead atoms. The summed E-state index contributed by atoms with van der Waals surface area (Å²) in [7, 11) is 0. The molecule has 1 aliphatic heterocycles. The van der Waals surface area contributed by atoms with Crippen molar-refractivity contribution in [2.24, 2.45) is 29.1 Å². The van der Waals surface area contributed by atoms with E-state index in [-0.39, 0.29) is 5.41 Å². The van der Waals surface area contributed by atoms with E-state index in [1.807, 2.05) is 0 Å². The molecule has 3 rings (SSSR count). The number of hydrogen-bond donors (Lipinski definition) is 1. The molecule has 14 heavy (non-hydrogen) atoms. The van der Waals surface area contributed by atoms with E-state index in [1.165, 1.54) is 12.7 Å². The molecule has 0 radical (unpaired) electrons. The number of carbonyl (C=O) groups is 1. The van der Waals surface area contributed by atoms with Crippen molar-refractivity contribution in [2.45, 2.75) is 18.6 Å². The highest BCUT2D eigenvalue weighted by Gasteiger charge is 2.66. The molecule has 2 saturated carbocycles. The van der Waals surface area contributed by atoms with Gasteiger partial charge >= 0.3 is 0 Å². The second-order valence-corrected chi connectivity index (χ2v) is 5.80. The van der Waals surface area contributed by atoms with Crippen LogP contribution in [0.4, 0.5) is 0 Å². The molecule has 0 N–H and O–H groups in total. The monoisotopic (exact) mass is 212 g/mol. The maximum atomic E-state index is 11.3. The van der Waals surface area contributed by atoms with Gasteiger partial charge < -0.3 is 9.53 Å². The Hall–Kier alpha value is -0.0200. The van der Waals surface area contributed by atoms with Crippen molar-refractivity contribution in [3.05, 3.63) is 0 Å². The minimum Gasteiger partial charge on any atom is -0.380 e. The van der Waals surface area contributed by atoms with Crippen LogP contribution in [0.1, 0.15) is 13.3 Å². The van der Waals surface area contributed by atoms with E-state index in [9.17, 15) is 4.79 Å². The van der Waals surface area contributed by atoms with E-state index in [0.717, 1.165) is 6.61 Å². The van der Waals surface area contributed by atoms with E-state index in [2.05, 4.69) is 19.6 Å². The molecule has 6 atom stereocenters. The predicted molar refractivity (Wildman–Crippen MR) is 56.3 cm³/mol. The van der Waals surface area contributed by atoms with Gasteiger partial charge in [0.2, 0.25) is 0 Å². The Labute approximate surface area is 89.8 Å². The lowest BCUT2D eigenvalue weighted by atomic mass is 9.65. The zero-order valence-electron chi connectivity index (χ0n) is 8.35. The third-order valence-corrected chi connectivity index (χ3v) is 5.76. The Morgan fingerprint density at radius 2 is 2.29 bits per heavy atom. The second-order valence-electron chi connectivity index (χ2n) is 5.21. The molecule has 1 saturated heterocycles. The van der Waals surface area contributed by atoms with Gasteiger partial charge in [-0.1, -0.05) is 6.92 Å². The normalized spacial score (nSPS) is 60.3. The van der Waals surface area contributed by atoms with Gasteiger partial charge in [0.15, 0.2) is 0 Å². The van der Waals surface area contributed by atoms with Gasteiger partial charge in [0.1, 0.15) is 6.29 Å². The maximum absolute atomic E-state index is 11.3. The zero-order chi connectivity index (χ0) is 9.92. The lowest BCUT2D eigenvalue weighted by Crippen LogP contribution is -2.44. The van der Waals surface area contributed by atoms with Crippen LogP contribution in [-0.2, 0) is 9.53 Å². The van der Waals surface area contributed by atoms with Gasteiger partial charge in [-0.2, -0.15) is 12.6 Å². The Kier molecular flexibility index (Phi) is 1.82. The average Bonchev–Trinajstić information content (AvgIpc) is 2.78. The van der Waals surface area contributed by atoms with Gasteiger partial charge in [0.05, 0.1) is 18.6 Å². The number of carbonyl (C=O) groups excluding carboxylic acids is 1. The summed E-state index contributed by atoms with van der Waals surface area (Å²) in [6, 6.07) is 0. The standard InChI is InChI=1S/C11H16O2S/c1-6-8-2-7(10(6)14)9-3-13-5-11(8,9)4-12/h4,6-10,14H,2-3,5H2,1H3. The molecule has 6 unspecified atom stereocenters. The first-order valence-electron chi connectivity index (χ1n) is 5.43. The summed E-state index contributed by atoms with van der Waals surface area (Å²) in [4.78, 5) is 11.3. The maximum Gasteiger partial charge on any atom is 0.129 e. The summed E-state index contributed by atoms with van der Waals surface area (Å²) < 4.78 is 5.52. The van der Waals surface area contributed by atoms with Crippen LogP contribution >= 0.6 is 12.6 Å². The van der Waals surface area contributed by atoms with E-state index in [1.54, 1.807) is 0 Å². The first-order valence-corrected chi connectivity index (χ1v) is 5.94. The molecular weight excluding hydrogens is 196 g/mol. The molecule has 3 fully saturated rings. The molecule has 2 aliphatic carbocycles. The summed E-state index contributed by atoms with van der Waals surface area (Å²) in [5, 5.41) is 0.486. The van der Waals surface area contributed by atoms with Crippen molar-refractivity contribution in [3.63, 3.8) is 0 Å². The summed E-state index contributed by atoms with van der Waals surface area (Å²) in [5.41, 5.74) is -0.136. The van der Waals surface area contributed by atoms with Crippen LogP contribution in [-0.4, -0.2) is 24.7 Å². The van der Waals surface area contributed by atoms with Crippen molar-refractivity contribution >= 4 is 18.9 Å². The van der Waals surface area contributed by atoms with Gasteiger partial charge in [-0.25, -0.2) is 0 Å². The number of thiol groups is 1. The van der Waals surface area contributed by atoms with E-state index < -0.39 is 0 Å². The lowest BCUT2D eigenvalue weighted by Gasteiger charge is -2.39. The Bertz CT molecular complexity index is 280. The summed E-state index contributed by atoms with van der Waals surface area (Å²) in [6.07, 6.45) is 2.38. The number of aldehydes is 1. The van der Waals surface area contributed by atoms with E-state index in [4.69, 9.17) is 4.74 Å². The molecule has 0 aromatic carbocycles. The predicted octanol–water partition coefficient (Wildman–Crippen LogP) is 1.40. The number of ether oxygens (including phenoxy) is 1. The topological polar surface area (TPSA) is 26.3 Å². The van der Waals surface area contributed by atoms with E-state index in [0.29, 0.717) is 35.5 Å². The molecule has 0 aromatic rings. The van der Waals surface area contributed by atoms with Crippen molar-refractivity contribution < 1.29 is 9.53 Å². The molecule has 3 aliphatic rings. The fourth-order valence-corrected chi connectivity index (χ4v) is 4.66. The molecule has 78 valence electrons. The first kappa shape index (κ1) is 9.22. The Morgan fingerprint density at radius 1 is 1.50 bits per heavy atom. The summed E-state index contributed by atoms with van der Waals surface area (Å²) in [5.74, 6) is 2.18. The number of fused-ring (bicyclic) bond motifs is 5. The van der Waals surface area contributed by atoms with Crippen LogP contribution < -0.4 is 0 Å². The summed E-state index contributed by atoms with van der Waals surface area (Å²) >= 11 is 4.68. The smallest absolute Gasteiger partial charge is 0.129 e. The van der Waals surface area contributed by atoms with Crippen molar-refractivity contribution in [3.8, 4) is 0 Å². The van der Waals surface area contributed by atoms with Gasteiger partial charge in [-0.05, 0) is 24.2 Å². The Balaban J connectivity index is 2.03. The fraction of sp³-hybridized carbons (Fsp3) is 0.909. The van der Waals surface area contributed by atoms with Gasteiger partial charge in [0, 0.05) is 11.2 Å². The fourth-order valence-electron chi connectivity index (χ4n) is 4.12. The van der Waals surface area contributed by atoms with Crippen molar-refractivity contribution in [1.29, 1.82) is 0 Å². The third-order valence-electron chi connectivity index (χ3n) is 4.90. The minimum absolute atomic E-state index is 0.136. The van der Waals surface area contributed by atoms with Crippen molar-refractivity contribution in [1.82, 2.24) is 0 Å². The molecular formula is C11H16O2S. The Morgan fingerprint density at radius 3 is 3.00 bits per heavy atom. The van der Waals surface area contributed by atoms with Crippen LogP contribution in [0.25, 0.3) is 0 Å². The number of hydrogen-bond acceptors (Lipinski definition) is 3. The molecule has 1 heterocycles. The van der Waals surface area contributed by atoms with E-state index >= 15 is 0 Å². The highest BCUT2D eigenvalue weighted by Crippen LogP contribution is 2.64. The van der Waals surface area contributed by atoms with Crippen molar-refractivity contribution in [2.75, 3.05) is 13.2 Å². The zero-order valence-corrected chi connectivity index (χ0v) is 9.24. The molecule has 0 amide bonds. The molecule has 3 heteroatoms. The van der Waals surface area contributed by atoms with Crippen LogP contribution in [0.5, 0.6) is 0 Å². The largest absolute Gasteiger partial charge is 0.380 e. The quantitative estimate of drug-likeness (QED) is 0.525. The van der Waals surface area contributed by atoms with Crippen LogP contribution in [0.15, 0.2) is 0 Å². The average molecular weight is 212 g/mol. The molecule has 2 nitrogen and oxygen atoms in total. The van der Waals surface area contributed by atoms with Crippen LogP contribution in [0, 0.1) is 29.1 Å².